The molecule has 80 valence electrons. The summed E-state index contributed by atoms with van der Waals surface area (Å²) in [5.41, 5.74) is 1.41. The van der Waals surface area contributed by atoms with Crippen LogP contribution in [0.3, 0.4) is 0 Å². The molecule has 0 N–H and O–H groups in total. The number of carbonyl (C=O) groups excluding carboxylic acids is 1. The van der Waals surface area contributed by atoms with Crippen LogP contribution in [0.5, 0.6) is 0 Å². The maximum atomic E-state index is 11.6. The Morgan fingerprint density at radius 3 is 2.67 bits per heavy atom. The first kappa shape index (κ1) is 10.4. The summed E-state index contributed by atoms with van der Waals surface area (Å²) in [5.74, 6) is 1.39. The van der Waals surface area contributed by atoms with E-state index < -0.39 is 0 Å². The van der Waals surface area contributed by atoms with Crippen LogP contribution in [0.15, 0.2) is 30.3 Å². The van der Waals surface area contributed by atoms with Crippen molar-refractivity contribution in [1.29, 1.82) is 0 Å². The second-order valence-electron chi connectivity index (χ2n) is 4.45. The van der Waals surface area contributed by atoms with Crippen LogP contribution in [-0.4, -0.2) is 5.78 Å². The van der Waals surface area contributed by atoms with E-state index in [2.05, 4.69) is 37.3 Å². The molecule has 0 saturated heterocycles. The third-order valence-corrected chi connectivity index (χ3v) is 3.53. The molecule has 0 spiro atoms. The average molecular weight is 202 g/mol. The predicted octanol–water partition coefficient (Wildman–Crippen LogP) is 3.55. The summed E-state index contributed by atoms with van der Waals surface area (Å²) in [6.07, 6.45) is 3.87. The summed E-state index contributed by atoms with van der Waals surface area (Å²) < 4.78 is 0. The zero-order chi connectivity index (χ0) is 10.7. The second kappa shape index (κ2) is 4.61. The van der Waals surface area contributed by atoms with E-state index in [9.17, 15) is 4.79 Å². The lowest BCUT2D eigenvalue weighted by Crippen LogP contribution is -2.23. The minimum atomic E-state index is 0.309. The van der Waals surface area contributed by atoms with Crippen molar-refractivity contribution < 1.29 is 4.79 Å². The monoisotopic (exact) mass is 202 g/mol. The Balaban J connectivity index is 2.09. The van der Waals surface area contributed by atoms with Gasteiger partial charge in [-0.1, -0.05) is 37.3 Å². The quantitative estimate of drug-likeness (QED) is 0.716. The first-order valence-corrected chi connectivity index (χ1v) is 5.89. The van der Waals surface area contributed by atoms with Gasteiger partial charge in [0.15, 0.2) is 0 Å². The molecule has 0 amide bonds. The van der Waals surface area contributed by atoms with Gasteiger partial charge in [-0.05, 0) is 30.7 Å². The lowest BCUT2D eigenvalue weighted by Gasteiger charge is -2.27. The standard InChI is InChI=1S/C14H18O/c1-2-11-10-13(8-9-14(11)15)12-6-4-3-5-7-12/h3-7,11,13H,2,8-10H2,1H3. The minimum absolute atomic E-state index is 0.309. The van der Waals surface area contributed by atoms with Gasteiger partial charge in [-0.3, -0.25) is 4.79 Å². The molecule has 2 unspecified atom stereocenters. The molecule has 1 aromatic rings. The number of hydrogen-bond donors (Lipinski definition) is 0. The highest BCUT2D eigenvalue weighted by molar-refractivity contribution is 5.81. The fourth-order valence-electron chi connectivity index (χ4n) is 2.54. The number of ketones is 1. The Morgan fingerprint density at radius 2 is 2.00 bits per heavy atom. The molecule has 0 radical (unpaired) electrons. The first-order chi connectivity index (χ1) is 7.31. The van der Waals surface area contributed by atoms with E-state index in [1.54, 1.807) is 0 Å². The highest BCUT2D eigenvalue weighted by atomic mass is 16.1. The second-order valence-corrected chi connectivity index (χ2v) is 4.45. The Hall–Kier alpha value is -1.11. The van der Waals surface area contributed by atoms with Crippen LogP contribution in [0.4, 0.5) is 0 Å². The molecule has 15 heavy (non-hydrogen) atoms. The van der Waals surface area contributed by atoms with Gasteiger partial charge in [-0.25, -0.2) is 0 Å². The van der Waals surface area contributed by atoms with Crippen LogP contribution >= 0.6 is 0 Å². The summed E-state index contributed by atoms with van der Waals surface area (Å²) in [7, 11) is 0. The van der Waals surface area contributed by atoms with Crippen molar-refractivity contribution >= 4 is 5.78 Å². The van der Waals surface area contributed by atoms with Crippen molar-refractivity contribution in [1.82, 2.24) is 0 Å². The molecular formula is C14H18O. The summed E-state index contributed by atoms with van der Waals surface area (Å²) in [6.45, 7) is 2.12. The topological polar surface area (TPSA) is 17.1 Å². The Labute approximate surface area is 91.5 Å². The molecule has 1 saturated carbocycles. The van der Waals surface area contributed by atoms with Crippen LogP contribution in [0.25, 0.3) is 0 Å². The molecule has 0 aromatic heterocycles. The molecule has 0 aliphatic heterocycles. The van der Waals surface area contributed by atoms with Crippen LogP contribution in [0.1, 0.15) is 44.1 Å². The fourth-order valence-corrected chi connectivity index (χ4v) is 2.54. The van der Waals surface area contributed by atoms with Gasteiger partial charge in [0.1, 0.15) is 5.78 Å². The maximum Gasteiger partial charge on any atom is 0.136 e. The zero-order valence-electron chi connectivity index (χ0n) is 9.28. The lowest BCUT2D eigenvalue weighted by molar-refractivity contribution is -0.125. The fraction of sp³-hybridized carbons (Fsp3) is 0.500. The number of benzene rings is 1. The van der Waals surface area contributed by atoms with Gasteiger partial charge in [-0.15, -0.1) is 0 Å². The molecule has 1 fully saturated rings. The minimum Gasteiger partial charge on any atom is -0.299 e. The van der Waals surface area contributed by atoms with Crippen molar-refractivity contribution in [2.24, 2.45) is 5.92 Å². The largest absolute Gasteiger partial charge is 0.299 e. The highest BCUT2D eigenvalue weighted by Gasteiger charge is 2.27. The molecular weight excluding hydrogens is 184 g/mol. The SMILES string of the molecule is CCC1CC(c2ccccc2)CCC1=O. The van der Waals surface area contributed by atoms with Crippen molar-refractivity contribution in [3.8, 4) is 0 Å². The van der Waals surface area contributed by atoms with Crippen molar-refractivity contribution in [2.75, 3.05) is 0 Å². The van der Waals surface area contributed by atoms with Crippen LogP contribution in [0.2, 0.25) is 0 Å². The van der Waals surface area contributed by atoms with Gasteiger partial charge in [-0.2, -0.15) is 0 Å². The molecule has 1 nitrogen and oxygen atoms in total. The van der Waals surface area contributed by atoms with Crippen LogP contribution < -0.4 is 0 Å². The Bertz CT molecular complexity index is 328. The summed E-state index contributed by atoms with van der Waals surface area (Å²) in [5, 5.41) is 0. The molecule has 1 aliphatic rings. The molecule has 0 heterocycles. The third-order valence-electron chi connectivity index (χ3n) is 3.53. The third kappa shape index (κ3) is 2.28. The Kier molecular flexibility index (Phi) is 3.20. The molecule has 2 atom stereocenters. The van der Waals surface area contributed by atoms with E-state index in [-0.39, 0.29) is 0 Å². The number of rotatable bonds is 2. The van der Waals surface area contributed by atoms with E-state index in [4.69, 9.17) is 0 Å². The van der Waals surface area contributed by atoms with Gasteiger partial charge in [0.2, 0.25) is 0 Å². The number of hydrogen-bond acceptors (Lipinski definition) is 1. The normalized spacial score (nSPS) is 26.6. The van der Waals surface area contributed by atoms with E-state index in [1.165, 1.54) is 5.56 Å². The number of Topliss-reactive ketones (excluding diaryl/α,β-unsaturated/α-hetero) is 1. The van der Waals surface area contributed by atoms with Gasteiger partial charge in [0, 0.05) is 12.3 Å². The van der Waals surface area contributed by atoms with Crippen molar-refractivity contribution in [2.45, 2.75) is 38.5 Å². The van der Waals surface area contributed by atoms with Gasteiger partial charge >= 0.3 is 0 Å². The van der Waals surface area contributed by atoms with Crippen molar-refractivity contribution in [3.63, 3.8) is 0 Å². The highest BCUT2D eigenvalue weighted by Crippen LogP contribution is 2.35. The molecule has 2 rings (SSSR count). The lowest BCUT2D eigenvalue weighted by atomic mass is 9.76. The van der Waals surface area contributed by atoms with Gasteiger partial charge in [0.25, 0.3) is 0 Å². The summed E-state index contributed by atoms with van der Waals surface area (Å²) in [4.78, 5) is 11.6. The molecule has 1 heteroatoms. The molecule has 1 aliphatic carbocycles. The first-order valence-electron chi connectivity index (χ1n) is 5.89. The number of carbonyl (C=O) groups is 1. The zero-order valence-corrected chi connectivity index (χ0v) is 9.28. The molecule has 0 bridgehead atoms. The van der Waals surface area contributed by atoms with Crippen molar-refractivity contribution in [3.05, 3.63) is 35.9 Å². The average Bonchev–Trinajstić information content (AvgIpc) is 2.31. The van der Waals surface area contributed by atoms with E-state index >= 15 is 0 Å². The smallest absolute Gasteiger partial charge is 0.136 e. The Morgan fingerprint density at radius 1 is 1.27 bits per heavy atom. The predicted molar refractivity (Wildman–Crippen MR) is 61.8 cm³/mol. The van der Waals surface area contributed by atoms with Gasteiger partial charge < -0.3 is 0 Å². The summed E-state index contributed by atoms with van der Waals surface area (Å²) >= 11 is 0. The summed E-state index contributed by atoms with van der Waals surface area (Å²) in [6, 6.07) is 10.6. The maximum absolute atomic E-state index is 11.6. The van der Waals surface area contributed by atoms with E-state index in [1.807, 2.05) is 0 Å². The van der Waals surface area contributed by atoms with E-state index in [0.717, 1.165) is 25.7 Å². The van der Waals surface area contributed by atoms with Crippen LogP contribution in [-0.2, 0) is 4.79 Å². The molecule has 1 aromatic carbocycles. The van der Waals surface area contributed by atoms with Crippen LogP contribution in [0, 0.1) is 5.92 Å². The van der Waals surface area contributed by atoms with Gasteiger partial charge in [0.05, 0.1) is 0 Å². The van der Waals surface area contributed by atoms with E-state index in [0.29, 0.717) is 17.6 Å².